The predicted octanol–water partition coefficient (Wildman–Crippen LogP) is 2.22. The Kier molecular flexibility index (Phi) is 3.00. The minimum Gasteiger partial charge on any atom is -0.497 e. The maximum absolute atomic E-state index is 14.2. The van der Waals surface area contributed by atoms with Crippen molar-refractivity contribution in [2.45, 2.75) is 31.2 Å². The highest BCUT2D eigenvalue weighted by Crippen LogP contribution is 2.54. The van der Waals surface area contributed by atoms with Gasteiger partial charge in [0.2, 0.25) is 0 Å². The number of halogens is 1. The largest absolute Gasteiger partial charge is 0.497 e. The second-order valence-electron chi connectivity index (χ2n) is 4.63. The van der Waals surface area contributed by atoms with Gasteiger partial charge in [-0.15, -0.1) is 0 Å². The molecule has 1 atom stereocenters. The van der Waals surface area contributed by atoms with E-state index in [4.69, 9.17) is 15.2 Å². The standard InChI is InChI=1S/C13H18FNO2/c1-8(15)13(4-5-13)12-10(14)6-9(16-2)7-11(12)17-3/h6-8H,4-5,15H2,1-3H3. The Labute approximate surface area is 101 Å². The lowest BCUT2D eigenvalue weighted by Gasteiger charge is -2.23. The number of ether oxygens (including phenoxy) is 2. The topological polar surface area (TPSA) is 44.5 Å². The normalized spacial score (nSPS) is 18.6. The zero-order chi connectivity index (χ0) is 12.6. The van der Waals surface area contributed by atoms with Crippen molar-refractivity contribution in [3.05, 3.63) is 23.5 Å². The fourth-order valence-electron chi connectivity index (χ4n) is 2.39. The van der Waals surface area contributed by atoms with E-state index in [1.807, 2.05) is 6.92 Å². The molecule has 0 aromatic heterocycles. The molecule has 1 aliphatic rings. The second kappa shape index (κ2) is 4.18. The molecule has 1 saturated carbocycles. The van der Waals surface area contributed by atoms with Crippen LogP contribution in [0.2, 0.25) is 0 Å². The molecule has 1 aromatic rings. The zero-order valence-electron chi connectivity index (χ0n) is 10.4. The molecular weight excluding hydrogens is 221 g/mol. The van der Waals surface area contributed by atoms with Crippen LogP contribution in [0.1, 0.15) is 25.3 Å². The first kappa shape index (κ1) is 12.2. The van der Waals surface area contributed by atoms with Gasteiger partial charge in [-0.2, -0.15) is 0 Å². The molecule has 17 heavy (non-hydrogen) atoms. The third-order valence-electron chi connectivity index (χ3n) is 3.64. The second-order valence-corrected chi connectivity index (χ2v) is 4.63. The van der Waals surface area contributed by atoms with E-state index in [-0.39, 0.29) is 17.3 Å². The highest BCUT2D eigenvalue weighted by atomic mass is 19.1. The molecule has 0 saturated heterocycles. The van der Waals surface area contributed by atoms with Crippen molar-refractivity contribution in [1.29, 1.82) is 0 Å². The van der Waals surface area contributed by atoms with E-state index in [9.17, 15) is 4.39 Å². The van der Waals surface area contributed by atoms with Crippen LogP contribution in [0.3, 0.4) is 0 Å². The molecule has 2 N–H and O–H groups in total. The smallest absolute Gasteiger partial charge is 0.134 e. The summed E-state index contributed by atoms with van der Waals surface area (Å²) < 4.78 is 24.5. The lowest BCUT2D eigenvalue weighted by molar-refractivity contribution is 0.373. The molecule has 0 spiro atoms. The van der Waals surface area contributed by atoms with Crippen molar-refractivity contribution in [1.82, 2.24) is 0 Å². The minimum atomic E-state index is -0.295. The summed E-state index contributed by atoms with van der Waals surface area (Å²) in [6.45, 7) is 1.91. The summed E-state index contributed by atoms with van der Waals surface area (Å²) in [6, 6.07) is 3.01. The SMILES string of the molecule is COc1cc(F)c(C2(C(C)N)CC2)c(OC)c1. The van der Waals surface area contributed by atoms with Crippen LogP contribution >= 0.6 is 0 Å². The monoisotopic (exact) mass is 239 g/mol. The van der Waals surface area contributed by atoms with Crippen LogP contribution in [0.4, 0.5) is 4.39 Å². The van der Waals surface area contributed by atoms with Gasteiger partial charge in [-0.05, 0) is 19.8 Å². The molecule has 2 rings (SSSR count). The van der Waals surface area contributed by atoms with Crippen LogP contribution in [0, 0.1) is 5.82 Å². The van der Waals surface area contributed by atoms with Crippen molar-refractivity contribution in [2.75, 3.05) is 14.2 Å². The maximum atomic E-state index is 14.2. The molecule has 1 aromatic carbocycles. The first-order valence-corrected chi connectivity index (χ1v) is 5.72. The Morgan fingerprint density at radius 2 is 1.94 bits per heavy atom. The molecule has 1 aliphatic carbocycles. The third kappa shape index (κ3) is 1.86. The van der Waals surface area contributed by atoms with Crippen molar-refractivity contribution in [3.8, 4) is 11.5 Å². The number of hydrogen-bond donors (Lipinski definition) is 1. The molecule has 0 aliphatic heterocycles. The fraction of sp³-hybridized carbons (Fsp3) is 0.538. The zero-order valence-corrected chi connectivity index (χ0v) is 10.4. The Morgan fingerprint density at radius 3 is 2.35 bits per heavy atom. The quantitative estimate of drug-likeness (QED) is 0.876. The van der Waals surface area contributed by atoms with Crippen LogP contribution < -0.4 is 15.2 Å². The van der Waals surface area contributed by atoms with Gasteiger partial charge in [-0.3, -0.25) is 0 Å². The number of rotatable bonds is 4. The van der Waals surface area contributed by atoms with Gasteiger partial charge >= 0.3 is 0 Å². The van der Waals surface area contributed by atoms with Crippen LogP contribution in [0.25, 0.3) is 0 Å². The summed E-state index contributed by atoms with van der Waals surface area (Å²) in [7, 11) is 3.04. The lowest BCUT2D eigenvalue weighted by Crippen LogP contribution is -2.32. The van der Waals surface area contributed by atoms with Crippen molar-refractivity contribution < 1.29 is 13.9 Å². The highest BCUT2D eigenvalue weighted by molar-refractivity contribution is 5.49. The summed E-state index contributed by atoms with van der Waals surface area (Å²) >= 11 is 0. The Balaban J connectivity index is 2.53. The Morgan fingerprint density at radius 1 is 1.29 bits per heavy atom. The first-order valence-electron chi connectivity index (χ1n) is 5.72. The van der Waals surface area contributed by atoms with Crippen molar-refractivity contribution in [3.63, 3.8) is 0 Å². The van der Waals surface area contributed by atoms with E-state index in [0.717, 1.165) is 12.8 Å². The molecular formula is C13H18FNO2. The van der Waals surface area contributed by atoms with Gasteiger partial charge in [-0.1, -0.05) is 0 Å². The average molecular weight is 239 g/mol. The Bertz CT molecular complexity index is 428. The number of benzene rings is 1. The first-order chi connectivity index (χ1) is 8.05. The van der Waals surface area contributed by atoms with Crippen LogP contribution in [-0.4, -0.2) is 20.3 Å². The average Bonchev–Trinajstić information content (AvgIpc) is 3.08. The van der Waals surface area contributed by atoms with E-state index in [1.54, 1.807) is 6.07 Å². The molecule has 4 heteroatoms. The van der Waals surface area contributed by atoms with Crippen LogP contribution in [0.5, 0.6) is 11.5 Å². The summed E-state index contributed by atoms with van der Waals surface area (Å²) in [6.07, 6.45) is 1.81. The third-order valence-corrected chi connectivity index (χ3v) is 3.64. The van der Waals surface area contributed by atoms with Gasteiger partial charge in [0, 0.05) is 29.2 Å². The van der Waals surface area contributed by atoms with E-state index < -0.39 is 0 Å². The minimum absolute atomic E-state index is 0.0840. The summed E-state index contributed by atoms with van der Waals surface area (Å²) in [5.74, 6) is 0.691. The number of methoxy groups -OCH3 is 2. The fourth-order valence-corrected chi connectivity index (χ4v) is 2.39. The molecule has 1 fully saturated rings. The molecule has 94 valence electrons. The maximum Gasteiger partial charge on any atom is 0.134 e. The molecule has 0 heterocycles. The van der Waals surface area contributed by atoms with E-state index in [0.29, 0.717) is 17.1 Å². The van der Waals surface area contributed by atoms with Gasteiger partial charge in [0.15, 0.2) is 0 Å². The van der Waals surface area contributed by atoms with E-state index in [2.05, 4.69) is 0 Å². The van der Waals surface area contributed by atoms with Crippen LogP contribution in [0.15, 0.2) is 12.1 Å². The van der Waals surface area contributed by atoms with E-state index >= 15 is 0 Å². The number of hydrogen-bond acceptors (Lipinski definition) is 3. The summed E-state index contributed by atoms with van der Waals surface area (Å²) in [4.78, 5) is 0. The lowest BCUT2D eigenvalue weighted by atomic mass is 9.88. The summed E-state index contributed by atoms with van der Waals surface area (Å²) in [5.41, 5.74) is 6.31. The molecule has 0 amide bonds. The van der Waals surface area contributed by atoms with Crippen molar-refractivity contribution >= 4 is 0 Å². The molecule has 0 radical (unpaired) electrons. The van der Waals surface area contributed by atoms with Crippen molar-refractivity contribution in [2.24, 2.45) is 5.73 Å². The van der Waals surface area contributed by atoms with Gasteiger partial charge in [0.1, 0.15) is 17.3 Å². The molecule has 3 nitrogen and oxygen atoms in total. The summed E-state index contributed by atoms with van der Waals surface area (Å²) in [5, 5.41) is 0. The number of nitrogens with two attached hydrogens (primary N) is 1. The molecule has 1 unspecified atom stereocenters. The predicted molar refractivity (Wildman–Crippen MR) is 64.1 cm³/mol. The Hall–Kier alpha value is -1.29. The molecule has 0 bridgehead atoms. The van der Waals surface area contributed by atoms with E-state index in [1.165, 1.54) is 20.3 Å². The van der Waals surface area contributed by atoms with Gasteiger partial charge in [-0.25, -0.2) is 4.39 Å². The van der Waals surface area contributed by atoms with Gasteiger partial charge < -0.3 is 15.2 Å². The highest BCUT2D eigenvalue weighted by Gasteiger charge is 2.51. The van der Waals surface area contributed by atoms with Gasteiger partial charge in [0.25, 0.3) is 0 Å². The van der Waals surface area contributed by atoms with Gasteiger partial charge in [0.05, 0.1) is 14.2 Å². The van der Waals surface area contributed by atoms with Crippen LogP contribution in [-0.2, 0) is 5.41 Å².